The predicted molar refractivity (Wildman–Crippen MR) is 87.5 cm³/mol. The number of methoxy groups -OCH3 is 1. The normalized spacial score (nSPS) is 12.1. The third kappa shape index (κ3) is 3.34. The summed E-state index contributed by atoms with van der Waals surface area (Å²) in [4.78, 5) is 0. The molecular weight excluding hydrogens is 386 g/mol. The van der Waals surface area contributed by atoms with Crippen LogP contribution in [-0.4, -0.2) is 7.11 Å². The summed E-state index contributed by atoms with van der Waals surface area (Å²) in [6.45, 7) is 1.93. The van der Waals surface area contributed by atoms with Crippen molar-refractivity contribution in [3.63, 3.8) is 0 Å². The molecule has 2 N–H and O–H groups in total. The van der Waals surface area contributed by atoms with Gasteiger partial charge in [0.2, 0.25) is 0 Å². The largest absolute Gasteiger partial charge is 0.496 e. The molecule has 0 radical (unpaired) electrons. The molecule has 0 spiro atoms. The van der Waals surface area contributed by atoms with Gasteiger partial charge in [-0.1, -0.05) is 18.2 Å². The van der Waals surface area contributed by atoms with E-state index in [1.807, 2.05) is 43.3 Å². The number of hydrogen-bond donors (Lipinski definition) is 1. The van der Waals surface area contributed by atoms with Crippen molar-refractivity contribution in [1.29, 1.82) is 0 Å². The fourth-order valence-electron chi connectivity index (χ4n) is 1.81. The SMILES string of the molecule is COc1cc(Br)c(Oc2ccccc2[C@H](C)N)cc1Br. The average Bonchev–Trinajstić information content (AvgIpc) is 2.42. The molecule has 0 aromatic heterocycles. The van der Waals surface area contributed by atoms with Crippen LogP contribution < -0.4 is 15.2 Å². The minimum absolute atomic E-state index is 0.0911. The number of para-hydroxylation sites is 1. The Hall–Kier alpha value is -1.04. The fraction of sp³-hybridized carbons (Fsp3) is 0.200. The van der Waals surface area contributed by atoms with Crippen LogP contribution >= 0.6 is 31.9 Å². The molecular formula is C15H15Br2NO2. The summed E-state index contributed by atoms with van der Waals surface area (Å²) in [5, 5.41) is 0. The smallest absolute Gasteiger partial charge is 0.143 e. The molecule has 0 aliphatic heterocycles. The Balaban J connectivity index is 2.38. The van der Waals surface area contributed by atoms with E-state index in [2.05, 4.69) is 31.9 Å². The molecule has 1 atom stereocenters. The van der Waals surface area contributed by atoms with Crippen LogP contribution in [-0.2, 0) is 0 Å². The number of nitrogens with two attached hydrogens (primary N) is 1. The van der Waals surface area contributed by atoms with Crippen molar-refractivity contribution >= 4 is 31.9 Å². The maximum absolute atomic E-state index is 5.97. The topological polar surface area (TPSA) is 44.5 Å². The lowest BCUT2D eigenvalue weighted by molar-refractivity contribution is 0.409. The van der Waals surface area contributed by atoms with Gasteiger partial charge in [0.25, 0.3) is 0 Å². The lowest BCUT2D eigenvalue weighted by Gasteiger charge is -2.15. The molecule has 2 aromatic carbocycles. The summed E-state index contributed by atoms with van der Waals surface area (Å²) in [5.74, 6) is 2.19. The second-order valence-corrected chi connectivity index (χ2v) is 6.05. The van der Waals surface area contributed by atoms with Crippen molar-refractivity contribution < 1.29 is 9.47 Å². The van der Waals surface area contributed by atoms with Crippen molar-refractivity contribution in [2.75, 3.05) is 7.11 Å². The van der Waals surface area contributed by atoms with Gasteiger partial charge in [-0.25, -0.2) is 0 Å². The summed E-state index contributed by atoms with van der Waals surface area (Å²) < 4.78 is 12.9. The van der Waals surface area contributed by atoms with Crippen molar-refractivity contribution in [3.05, 3.63) is 50.9 Å². The molecule has 0 fully saturated rings. The standard InChI is InChI=1S/C15H15Br2NO2/c1-9(18)10-5-3-4-6-13(10)20-15-8-11(16)14(19-2)7-12(15)17/h3-9H,18H2,1-2H3/t9-/m0/s1. The first-order valence-corrected chi connectivity index (χ1v) is 7.67. The van der Waals surface area contributed by atoms with E-state index in [1.165, 1.54) is 0 Å². The van der Waals surface area contributed by atoms with Crippen molar-refractivity contribution in [1.82, 2.24) is 0 Å². The maximum Gasteiger partial charge on any atom is 0.143 e. The van der Waals surface area contributed by atoms with Crippen molar-refractivity contribution in [2.24, 2.45) is 5.73 Å². The molecule has 2 rings (SSSR count). The summed E-state index contributed by atoms with van der Waals surface area (Å²) >= 11 is 6.94. The van der Waals surface area contributed by atoms with Gasteiger partial charge < -0.3 is 15.2 Å². The molecule has 0 aliphatic rings. The first-order valence-electron chi connectivity index (χ1n) is 6.08. The van der Waals surface area contributed by atoms with Gasteiger partial charge in [0.1, 0.15) is 17.2 Å². The van der Waals surface area contributed by atoms with Crippen LogP contribution in [0.1, 0.15) is 18.5 Å². The van der Waals surface area contributed by atoms with Crippen molar-refractivity contribution in [2.45, 2.75) is 13.0 Å². The van der Waals surface area contributed by atoms with Gasteiger partial charge >= 0.3 is 0 Å². The quantitative estimate of drug-likeness (QED) is 0.782. The molecule has 0 unspecified atom stereocenters. The summed E-state index contributed by atoms with van der Waals surface area (Å²) in [7, 11) is 1.62. The van der Waals surface area contributed by atoms with Crippen molar-refractivity contribution in [3.8, 4) is 17.2 Å². The highest BCUT2D eigenvalue weighted by atomic mass is 79.9. The summed E-state index contributed by atoms with van der Waals surface area (Å²) in [6, 6.07) is 11.4. The predicted octanol–water partition coefficient (Wildman–Crippen LogP) is 5.03. The van der Waals surface area contributed by atoms with E-state index in [4.69, 9.17) is 15.2 Å². The Bertz CT molecular complexity index is 615. The van der Waals surface area contributed by atoms with E-state index in [-0.39, 0.29) is 6.04 Å². The van der Waals surface area contributed by atoms with Gasteiger partial charge in [0.05, 0.1) is 16.1 Å². The van der Waals surface area contributed by atoms with Gasteiger partial charge in [0, 0.05) is 11.6 Å². The Labute approximate surface area is 135 Å². The van der Waals surface area contributed by atoms with Gasteiger partial charge in [-0.15, -0.1) is 0 Å². The summed E-state index contributed by atoms with van der Waals surface area (Å²) in [5.41, 5.74) is 6.92. The number of halogens is 2. The third-order valence-corrected chi connectivity index (χ3v) is 4.08. The second-order valence-electron chi connectivity index (χ2n) is 4.35. The molecule has 0 saturated carbocycles. The monoisotopic (exact) mass is 399 g/mol. The summed E-state index contributed by atoms with van der Waals surface area (Å²) in [6.07, 6.45) is 0. The molecule has 5 heteroatoms. The minimum atomic E-state index is -0.0911. The number of benzene rings is 2. The van der Waals surface area contributed by atoms with Crippen LogP contribution in [0.3, 0.4) is 0 Å². The molecule has 2 aromatic rings. The lowest BCUT2D eigenvalue weighted by atomic mass is 10.1. The Morgan fingerprint density at radius 1 is 1.00 bits per heavy atom. The molecule has 3 nitrogen and oxygen atoms in total. The minimum Gasteiger partial charge on any atom is -0.496 e. The Kier molecular flexibility index (Phi) is 5.07. The van der Waals surface area contributed by atoms with Crippen LogP contribution in [0.15, 0.2) is 45.3 Å². The van der Waals surface area contributed by atoms with E-state index >= 15 is 0 Å². The highest BCUT2D eigenvalue weighted by molar-refractivity contribution is 9.11. The highest BCUT2D eigenvalue weighted by Gasteiger charge is 2.12. The highest BCUT2D eigenvalue weighted by Crippen LogP contribution is 2.39. The van der Waals surface area contributed by atoms with Gasteiger partial charge in [-0.2, -0.15) is 0 Å². The van der Waals surface area contributed by atoms with Crippen LogP contribution in [0.4, 0.5) is 0 Å². The van der Waals surface area contributed by atoms with Gasteiger partial charge in [0.15, 0.2) is 0 Å². The molecule has 20 heavy (non-hydrogen) atoms. The number of hydrogen-bond acceptors (Lipinski definition) is 3. The zero-order chi connectivity index (χ0) is 14.7. The Morgan fingerprint density at radius 3 is 2.25 bits per heavy atom. The van der Waals surface area contributed by atoms with Gasteiger partial charge in [-0.05, 0) is 57.0 Å². The number of rotatable bonds is 4. The third-order valence-electron chi connectivity index (χ3n) is 2.84. The second kappa shape index (κ2) is 6.61. The maximum atomic E-state index is 5.97. The van der Waals surface area contributed by atoms with E-state index < -0.39 is 0 Å². The first-order chi connectivity index (χ1) is 9.52. The molecule has 0 bridgehead atoms. The van der Waals surface area contributed by atoms with Crippen LogP contribution in [0.5, 0.6) is 17.2 Å². The van der Waals surface area contributed by atoms with Crippen LogP contribution in [0.25, 0.3) is 0 Å². The molecule has 0 aliphatic carbocycles. The first kappa shape index (κ1) is 15.4. The molecule has 106 valence electrons. The van der Waals surface area contributed by atoms with Crippen LogP contribution in [0.2, 0.25) is 0 Å². The van der Waals surface area contributed by atoms with E-state index in [0.717, 1.165) is 26.0 Å². The van der Waals surface area contributed by atoms with Crippen LogP contribution in [0, 0.1) is 0 Å². The molecule has 0 heterocycles. The Morgan fingerprint density at radius 2 is 1.60 bits per heavy atom. The van der Waals surface area contributed by atoms with E-state index in [0.29, 0.717) is 5.75 Å². The fourth-order valence-corrected chi connectivity index (χ4v) is 2.70. The zero-order valence-electron chi connectivity index (χ0n) is 11.2. The van der Waals surface area contributed by atoms with E-state index in [9.17, 15) is 0 Å². The molecule has 0 amide bonds. The molecule has 0 saturated heterocycles. The lowest BCUT2D eigenvalue weighted by Crippen LogP contribution is -2.06. The number of ether oxygens (including phenoxy) is 2. The zero-order valence-corrected chi connectivity index (χ0v) is 14.4. The van der Waals surface area contributed by atoms with Gasteiger partial charge in [-0.3, -0.25) is 0 Å². The average molecular weight is 401 g/mol. The van der Waals surface area contributed by atoms with E-state index in [1.54, 1.807) is 7.11 Å².